The lowest BCUT2D eigenvalue weighted by molar-refractivity contribution is 0.101. The first-order chi connectivity index (χ1) is 15.5. The molecule has 0 amide bonds. The molecule has 0 bridgehead atoms. The van der Waals surface area contributed by atoms with Crippen LogP contribution in [0.25, 0.3) is 11.0 Å². The van der Waals surface area contributed by atoms with Crippen molar-refractivity contribution in [2.45, 2.75) is 96.2 Å². The van der Waals surface area contributed by atoms with E-state index in [2.05, 4.69) is 18.7 Å². The Bertz CT molecular complexity index is 989. The largest absolute Gasteiger partial charge is 0.387 e. The van der Waals surface area contributed by atoms with Gasteiger partial charge >= 0.3 is 0 Å². The van der Waals surface area contributed by atoms with Crippen LogP contribution < -0.4 is 11.3 Å². The number of benzene rings is 1. The monoisotopic (exact) mass is 437 g/mol. The highest BCUT2D eigenvalue weighted by atomic mass is 16.1. The van der Waals surface area contributed by atoms with Crippen molar-refractivity contribution in [1.29, 1.82) is 5.41 Å². The van der Waals surface area contributed by atoms with Gasteiger partial charge in [0.1, 0.15) is 5.69 Å². The van der Waals surface area contributed by atoms with Crippen molar-refractivity contribution >= 4 is 16.9 Å². The fraction of sp³-hybridized carbons (Fsp3) is 0.654. The second-order valence-corrected chi connectivity index (χ2v) is 10.0. The fourth-order valence-electron chi connectivity index (χ4n) is 5.87. The molecule has 2 unspecified atom stereocenters. The third-order valence-corrected chi connectivity index (χ3v) is 7.81. The maximum Gasteiger partial charge on any atom is 0.273 e. The molecular weight excluding hydrogens is 398 g/mol. The van der Waals surface area contributed by atoms with Crippen LogP contribution in [-0.2, 0) is 6.54 Å². The summed E-state index contributed by atoms with van der Waals surface area (Å²) >= 11 is 0. The van der Waals surface area contributed by atoms with Gasteiger partial charge in [0.15, 0.2) is 0 Å². The Hall–Kier alpha value is -2.21. The van der Waals surface area contributed by atoms with E-state index in [-0.39, 0.29) is 23.2 Å². The topological polar surface area (TPSA) is 88.0 Å². The SMILES string of the molecule is C[C@@H]1CCC[C@H](C)N1CCCCCn1c(=O)c(C2CCC(C(=N)N)C2)nc2ccccc21. The Morgan fingerprint density at radius 1 is 1.06 bits per heavy atom. The van der Waals surface area contributed by atoms with Crippen LogP contribution in [0.5, 0.6) is 0 Å². The van der Waals surface area contributed by atoms with E-state index >= 15 is 0 Å². The predicted molar refractivity (Wildman–Crippen MR) is 131 cm³/mol. The highest BCUT2D eigenvalue weighted by Gasteiger charge is 2.31. The Kier molecular flexibility index (Phi) is 7.29. The van der Waals surface area contributed by atoms with Gasteiger partial charge in [0.25, 0.3) is 5.56 Å². The smallest absolute Gasteiger partial charge is 0.273 e. The molecule has 6 nitrogen and oxygen atoms in total. The number of para-hydroxylation sites is 2. The minimum atomic E-state index is 0.0520. The number of nitrogens with zero attached hydrogens (tertiary/aromatic N) is 3. The number of unbranched alkanes of at least 4 members (excludes halogenated alkanes) is 2. The number of hydrogen-bond acceptors (Lipinski definition) is 4. The number of piperidine rings is 1. The highest BCUT2D eigenvalue weighted by molar-refractivity contribution is 5.80. The first-order valence-electron chi connectivity index (χ1n) is 12.5. The van der Waals surface area contributed by atoms with Gasteiger partial charge in [-0.15, -0.1) is 0 Å². The third-order valence-electron chi connectivity index (χ3n) is 7.81. The molecule has 1 saturated carbocycles. The molecule has 2 heterocycles. The van der Waals surface area contributed by atoms with E-state index in [4.69, 9.17) is 16.1 Å². The summed E-state index contributed by atoms with van der Waals surface area (Å²) in [5.74, 6) is 0.431. The molecule has 0 spiro atoms. The van der Waals surface area contributed by atoms with Gasteiger partial charge in [-0.2, -0.15) is 0 Å². The fourth-order valence-corrected chi connectivity index (χ4v) is 5.87. The van der Waals surface area contributed by atoms with E-state index in [1.54, 1.807) is 0 Å². The number of hydrogen-bond donors (Lipinski definition) is 2. The summed E-state index contributed by atoms with van der Waals surface area (Å²) < 4.78 is 1.95. The quantitative estimate of drug-likeness (QED) is 0.357. The van der Waals surface area contributed by atoms with Gasteiger partial charge < -0.3 is 10.3 Å². The molecule has 174 valence electrons. The van der Waals surface area contributed by atoms with Crippen molar-refractivity contribution in [2.24, 2.45) is 11.7 Å². The summed E-state index contributed by atoms with van der Waals surface area (Å²) in [6.07, 6.45) is 9.83. The van der Waals surface area contributed by atoms with Crippen LogP contribution in [0.3, 0.4) is 0 Å². The first-order valence-corrected chi connectivity index (χ1v) is 12.5. The number of nitrogens with one attached hydrogen (secondary N) is 1. The van der Waals surface area contributed by atoms with Gasteiger partial charge in [-0.1, -0.05) is 25.0 Å². The number of likely N-dealkylation sites (tertiary alicyclic amines) is 1. The average molecular weight is 438 g/mol. The Morgan fingerprint density at radius 2 is 1.78 bits per heavy atom. The first kappa shape index (κ1) is 23.0. The Morgan fingerprint density at radius 3 is 2.50 bits per heavy atom. The molecule has 2 aliphatic rings. The molecule has 1 aliphatic carbocycles. The van der Waals surface area contributed by atoms with Crippen LogP contribution in [0.15, 0.2) is 29.1 Å². The second-order valence-electron chi connectivity index (χ2n) is 10.0. The zero-order chi connectivity index (χ0) is 22.7. The standard InChI is InChI=1S/C26H39N5O/c1-18-9-8-10-19(2)30(18)15-6-3-7-16-31-23-12-5-4-11-22(23)29-24(26(31)32)20-13-14-21(17-20)25(27)28/h4-5,11-12,18-21H,3,6-10,13-17H2,1-2H3,(H3,27,28)/t18-,19+,20?,21?. The van der Waals surface area contributed by atoms with Gasteiger partial charge in [0, 0.05) is 30.5 Å². The van der Waals surface area contributed by atoms with Gasteiger partial charge in [0.05, 0.1) is 16.9 Å². The summed E-state index contributed by atoms with van der Waals surface area (Å²) in [6.45, 7) is 6.62. The van der Waals surface area contributed by atoms with Crippen molar-refractivity contribution in [3.05, 3.63) is 40.3 Å². The number of aromatic nitrogens is 2. The average Bonchev–Trinajstić information content (AvgIpc) is 3.27. The molecule has 1 aliphatic heterocycles. The maximum absolute atomic E-state index is 13.5. The third kappa shape index (κ3) is 4.90. The molecule has 2 fully saturated rings. The number of amidine groups is 1. The zero-order valence-corrected chi connectivity index (χ0v) is 19.7. The molecule has 4 rings (SSSR count). The number of aryl methyl sites for hydroxylation is 1. The van der Waals surface area contributed by atoms with Crippen LogP contribution in [0, 0.1) is 11.3 Å². The molecule has 6 heteroatoms. The second kappa shape index (κ2) is 10.2. The minimum Gasteiger partial charge on any atom is -0.387 e. The van der Waals surface area contributed by atoms with Crippen molar-refractivity contribution in [2.75, 3.05) is 6.54 Å². The zero-order valence-electron chi connectivity index (χ0n) is 19.7. The normalized spacial score (nSPS) is 26.6. The van der Waals surface area contributed by atoms with Crippen molar-refractivity contribution in [3.63, 3.8) is 0 Å². The van der Waals surface area contributed by atoms with Gasteiger partial charge in [-0.3, -0.25) is 15.1 Å². The maximum atomic E-state index is 13.5. The van der Waals surface area contributed by atoms with Crippen molar-refractivity contribution in [3.8, 4) is 0 Å². The van der Waals surface area contributed by atoms with Gasteiger partial charge in [0.2, 0.25) is 0 Å². The van der Waals surface area contributed by atoms with E-state index < -0.39 is 0 Å². The summed E-state index contributed by atoms with van der Waals surface area (Å²) in [6, 6.07) is 9.38. The lowest BCUT2D eigenvalue weighted by Gasteiger charge is -2.39. The molecule has 0 radical (unpaired) electrons. The Balaban J connectivity index is 1.44. The van der Waals surface area contributed by atoms with Crippen LogP contribution in [0.1, 0.15) is 83.2 Å². The molecule has 1 saturated heterocycles. The minimum absolute atomic E-state index is 0.0520. The molecule has 1 aromatic carbocycles. The van der Waals surface area contributed by atoms with Crippen molar-refractivity contribution < 1.29 is 0 Å². The van der Waals surface area contributed by atoms with E-state index in [0.29, 0.717) is 17.8 Å². The van der Waals surface area contributed by atoms with Crippen LogP contribution >= 0.6 is 0 Å². The number of nitrogens with two attached hydrogens (primary N) is 1. The Labute approximate surface area is 191 Å². The van der Waals surface area contributed by atoms with Crippen LogP contribution in [0.2, 0.25) is 0 Å². The summed E-state index contributed by atoms with van der Waals surface area (Å²) in [5.41, 5.74) is 8.28. The lowest BCUT2D eigenvalue weighted by Crippen LogP contribution is -2.44. The summed E-state index contributed by atoms with van der Waals surface area (Å²) in [7, 11) is 0. The molecule has 32 heavy (non-hydrogen) atoms. The predicted octanol–water partition coefficient (Wildman–Crippen LogP) is 4.65. The van der Waals surface area contributed by atoms with Crippen LogP contribution in [0.4, 0.5) is 0 Å². The number of rotatable bonds is 8. The van der Waals surface area contributed by atoms with Crippen LogP contribution in [-0.4, -0.2) is 38.9 Å². The van der Waals surface area contributed by atoms with E-state index in [0.717, 1.165) is 56.2 Å². The summed E-state index contributed by atoms with van der Waals surface area (Å²) in [5, 5.41) is 7.77. The van der Waals surface area contributed by atoms with Gasteiger partial charge in [-0.25, -0.2) is 4.98 Å². The summed E-state index contributed by atoms with van der Waals surface area (Å²) in [4.78, 5) is 20.9. The van der Waals surface area contributed by atoms with E-state index in [1.165, 1.54) is 25.7 Å². The molecule has 1 aromatic heterocycles. The molecule has 3 N–H and O–H groups in total. The lowest BCUT2D eigenvalue weighted by atomic mass is 9.97. The van der Waals surface area contributed by atoms with Crippen molar-refractivity contribution in [1.82, 2.24) is 14.5 Å². The van der Waals surface area contributed by atoms with E-state index in [9.17, 15) is 4.79 Å². The molecule has 4 atom stereocenters. The van der Waals surface area contributed by atoms with E-state index in [1.807, 2.05) is 28.8 Å². The number of fused-ring (bicyclic) bond motifs is 1. The molecule has 2 aromatic rings. The highest BCUT2D eigenvalue weighted by Crippen LogP contribution is 2.36. The van der Waals surface area contributed by atoms with Gasteiger partial charge in [-0.05, 0) is 77.5 Å². The molecular formula is C26H39N5O.